The normalized spacial score (nSPS) is 10.9. The molecule has 0 radical (unpaired) electrons. The highest BCUT2D eigenvalue weighted by molar-refractivity contribution is 6.07. The monoisotopic (exact) mass is 597 g/mol. The summed E-state index contributed by atoms with van der Waals surface area (Å²) in [6.45, 7) is 6.22. The number of carbonyl (C=O) groups excluding carboxylic acids is 1. The molecule has 0 aliphatic carbocycles. The van der Waals surface area contributed by atoms with E-state index in [9.17, 15) is 4.79 Å². The van der Waals surface area contributed by atoms with Gasteiger partial charge in [-0.1, -0.05) is 73.5 Å². The minimum absolute atomic E-state index is 0.369. The summed E-state index contributed by atoms with van der Waals surface area (Å²) in [4.78, 5) is 22.3. The van der Waals surface area contributed by atoms with Crippen LogP contribution in [0.5, 0.6) is 11.6 Å². The molecule has 4 aromatic carbocycles. The SMILES string of the molecule is CCCCc1cc(NC(=O)Nc2ccc(Oc3ccnc(Nc4ccccc4C)n3)c3ccccc23)n(-c2ccc(C)cc2)n1. The maximum absolute atomic E-state index is 13.4. The standard InChI is InChI=1S/C36H35N7O2/c1-4-5-11-26-23-33(43(42-26)27-17-15-24(2)16-18-27)40-36(44)39-31-19-20-32(29-13-8-7-12-28(29)31)45-34-21-22-37-35(41-34)38-30-14-9-6-10-25(30)3/h6-10,12-23H,4-5,11H2,1-3H3,(H,37,38,41)(H2,39,40,44). The topological polar surface area (TPSA) is 106 Å². The van der Waals surface area contributed by atoms with Crippen molar-refractivity contribution in [3.05, 3.63) is 120 Å². The van der Waals surface area contributed by atoms with Crippen LogP contribution in [0.1, 0.15) is 36.6 Å². The lowest BCUT2D eigenvalue weighted by Crippen LogP contribution is -2.21. The molecule has 9 heteroatoms. The van der Waals surface area contributed by atoms with Gasteiger partial charge in [0.25, 0.3) is 0 Å². The third-order valence-electron chi connectivity index (χ3n) is 7.43. The summed E-state index contributed by atoms with van der Waals surface area (Å²) in [6, 6.07) is 30.7. The van der Waals surface area contributed by atoms with Gasteiger partial charge in [0.2, 0.25) is 11.8 Å². The minimum atomic E-state index is -0.369. The van der Waals surface area contributed by atoms with Crippen LogP contribution in [0.25, 0.3) is 16.5 Å². The first-order chi connectivity index (χ1) is 22.0. The number of carbonyl (C=O) groups is 1. The Balaban J connectivity index is 1.22. The van der Waals surface area contributed by atoms with Gasteiger partial charge in [-0.25, -0.2) is 14.5 Å². The zero-order valence-electron chi connectivity index (χ0n) is 25.5. The maximum atomic E-state index is 13.4. The molecule has 0 saturated heterocycles. The predicted octanol–water partition coefficient (Wildman–Crippen LogP) is 8.95. The van der Waals surface area contributed by atoms with Crippen molar-refractivity contribution in [2.75, 3.05) is 16.0 Å². The van der Waals surface area contributed by atoms with Crippen molar-refractivity contribution in [1.82, 2.24) is 19.7 Å². The first kappa shape index (κ1) is 29.4. The van der Waals surface area contributed by atoms with E-state index in [4.69, 9.17) is 9.84 Å². The number of aromatic nitrogens is 4. The molecule has 0 unspecified atom stereocenters. The van der Waals surface area contributed by atoms with E-state index in [1.165, 1.54) is 0 Å². The number of para-hydroxylation sites is 1. The molecule has 0 fully saturated rings. The first-order valence-electron chi connectivity index (χ1n) is 15.1. The summed E-state index contributed by atoms with van der Waals surface area (Å²) in [5.74, 6) is 2.04. The van der Waals surface area contributed by atoms with Crippen LogP contribution in [-0.4, -0.2) is 25.8 Å². The van der Waals surface area contributed by atoms with E-state index in [0.717, 1.165) is 58.2 Å². The Morgan fingerprint density at radius 1 is 0.844 bits per heavy atom. The summed E-state index contributed by atoms with van der Waals surface area (Å²) >= 11 is 0. The molecule has 6 rings (SSSR count). The van der Waals surface area contributed by atoms with Gasteiger partial charge in [0.05, 0.1) is 17.1 Å². The average Bonchev–Trinajstić information content (AvgIpc) is 3.45. The van der Waals surface area contributed by atoms with Crippen LogP contribution in [0.3, 0.4) is 0 Å². The second kappa shape index (κ2) is 13.3. The molecule has 0 aliphatic heterocycles. The van der Waals surface area contributed by atoms with Gasteiger partial charge in [-0.15, -0.1) is 0 Å². The van der Waals surface area contributed by atoms with Gasteiger partial charge < -0.3 is 15.4 Å². The average molecular weight is 598 g/mol. The molecule has 45 heavy (non-hydrogen) atoms. The molecule has 2 heterocycles. The van der Waals surface area contributed by atoms with E-state index < -0.39 is 0 Å². The lowest BCUT2D eigenvalue weighted by molar-refractivity contribution is 0.262. The molecule has 6 aromatic rings. The molecule has 0 bridgehead atoms. The summed E-state index contributed by atoms with van der Waals surface area (Å²) in [5.41, 5.74) is 5.62. The van der Waals surface area contributed by atoms with Gasteiger partial charge in [0.1, 0.15) is 11.6 Å². The first-order valence-corrected chi connectivity index (χ1v) is 15.1. The van der Waals surface area contributed by atoms with Crippen molar-refractivity contribution < 1.29 is 9.53 Å². The Labute approximate surface area is 262 Å². The lowest BCUT2D eigenvalue weighted by atomic mass is 10.1. The quantitative estimate of drug-likeness (QED) is 0.146. The van der Waals surface area contributed by atoms with Crippen LogP contribution in [0.4, 0.5) is 27.9 Å². The Kier molecular flexibility index (Phi) is 8.68. The summed E-state index contributed by atoms with van der Waals surface area (Å²) in [7, 11) is 0. The number of benzene rings is 4. The highest BCUT2D eigenvalue weighted by atomic mass is 16.5. The van der Waals surface area contributed by atoms with Crippen LogP contribution >= 0.6 is 0 Å². The van der Waals surface area contributed by atoms with Crippen molar-refractivity contribution >= 4 is 39.9 Å². The van der Waals surface area contributed by atoms with Gasteiger partial charge in [0.15, 0.2) is 0 Å². The number of hydrogen-bond donors (Lipinski definition) is 3. The number of amides is 2. The van der Waals surface area contributed by atoms with Crippen LogP contribution in [0, 0.1) is 13.8 Å². The van der Waals surface area contributed by atoms with Gasteiger partial charge >= 0.3 is 6.03 Å². The number of rotatable bonds is 10. The fourth-order valence-electron chi connectivity index (χ4n) is 5.03. The molecular weight excluding hydrogens is 562 g/mol. The third-order valence-corrected chi connectivity index (χ3v) is 7.43. The van der Waals surface area contributed by atoms with Crippen LogP contribution in [0.15, 0.2) is 103 Å². The van der Waals surface area contributed by atoms with E-state index in [-0.39, 0.29) is 6.03 Å². The van der Waals surface area contributed by atoms with Crippen molar-refractivity contribution in [1.29, 1.82) is 0 Å². The van der Waals surface area contributed by atoms with Gasteiger partial charge in [-0.3, -0.25) is 5.32 Å². The highest BCUT2D eigenvalue weighted by Crippen LogP contribution is 2.34. The maximum Gasteiger partial charge on any atom is 0.324 e. The number of ether oxygens (including phenoxy) is 1. The molecule has 2 aromatic heterocycles. The van der Waals surface area contributed by atoms with E-state index in [0.29, 0.717) is 29.1 Å². The Morgan fingerprint density at radius 2 is 1.62 bits per heavy atom. The van der Waals surface area contributed by atoms with Crippen molar-refractivity contribution in [2.24, 2.45) is 0 Å². The predicted molar refractivity (Wildman–Crippen MR) is 180 cm³/mol. The second-order valence-electron chi connectivity index (χ2n) is 10.9. The summed E-state index contributed by atoms with van der Waals surface area (Å²) in [6.07, 6.45) is 4.58. The molecule has 0 aliphatic rings. The fourth-order valence-corrected chi connectivity index (χ4v) is 5.03. The number of aryl methyl sites for hydroxylation is 3. The van der Waals surface area contributed by atoms with Gasteiger partial charge in [-0.2, -0.15) is 10.1 Å². The van der Waals surface area contributed by atoms with Gasteiger partial charge in [0, 0.05) is 34.8 Å². The number of hydrogen-bond acceptors (Lipinski definition) is 6. The van der Waals surface area contributed by atoms with E-state index in [1.807, 2.05) is 105 Å². The van der Waals surface area contributed by atoms with Crippen LogP contribution in [-0.2, 0) is 6.42 Å². The van der Waals surface area contributed by atoms with Crippen molar-refractivity contribution in [3.63, 3.8) is 0 Å². The zero-order chi connectivity index (χ0) is 31.2. The van der Waals surface area contributed by atoms with E-state index >= 15 is 0 Å². The number of urea groups is 1. The van der Waals surface area contributed by atoms with E-state index in [2.05, 4.69) is 32.8 Å². The number of unbranched alkanes of at least 4 members (excludes halogenated alkanes) is 1. The smallest absolute Gasteiger partial charge is 0.324 e. The minimum Gasteiger partial charge on any atom is -0.438 e. The molecule has 0 atom stereocenters. The number of nitrogens with one attached hydrogen (secondary N) is 3. The summed E-state index contributed by atoms with van der Waals surface area (Å²) in [5, 5.41) is 15.7. The molecule has 2 amide bonds. The van der Waals surface area contributed by atoms with Gasteiger partial charge in [-0.05, 0) is 62.6 Å². The largest absolute Gasteiger partial charge is 0.438 e. The molecule has 0 saturated carbocycles. The summed E-state index contributed by atoms with van der Waals surface area (Å²) < 4.78 is 8.01. The number of nitrogens with zero attached hydrogens (tertiary/aromatic N) is 4. The van der Waals surface area contributed by atoms with Crippen molar-refractivity contribution in [2.45, 2.75) is 40.0 Å². The van der Waals surface area contributed by atoms with Crippen molar-refractivity contribution in [3.8, 4) is 17.3 Å². The van der Waals surface area contributed by atoms with Crippen LogP contribution < -0.4 is 20.7 Å². The molecule has 9 nitrogen and oxygen atoms in total. The molecular formula is C36H35N7O2. The number of fused-ring (bicyclic) bond motifs is 1. The molecule has 3 N–H and O–H groups in total. The molecule has 226 valence electrons. The van der Waals surface area contributed by atoms with E-state index in [1.54, 1.807) is 16.9 Å². The lowest BCUT2D eigenvalue weighted by Gasteiger charge is -2.14. The second-order valence-corrected chi connectivity index (χ2v) is 10.9. The Bertz CT molecular complexity index is 1950. The fraction of sp³-hybridized carbons (Fsp3) is 0.167. The van der Waals surface area contributed by atoms with Crippen LogP contribution in [0.2, 0.25) is 0 Å². The highest BCUT2D eigenvalue weighted by Gasteiger charge is 2.15. The Hall–Kier alpha value is -5.70. The third kappa shape index (κ3) is 6.94. The zero-order valence-corrected chi connectivity index (χ0v) is 25.5. The number of anilines is 4. The molecule has 0 spiro atoms. The Morgan fingerprint density at radius 3 is 2.42 bits per heavy atom.